The molecule has 0 aliphatic carbocycles. The lowest BCUT2D eigenvalue weighted by molar-refractivity contribution is -0.131. The fourth-order valence-electron chi connectivity index (χ4n) is 5.41. The van der Waals surface area contributed by atoms with Gasteiger partial charge >= 0.3 is 0 Å². The smallest absolute Gasteiger partial charge is 0.234 e. The topological polar surface area (TPSA) is 74.4 Å². The summed E-state index contributed by atoms with van der Waals surface area (Å²) >= 11 is 6.00. The minimum Gasteiger partial charge on any atom is -0.361 e. The molecule has 32 heavy (non-hydrogen) atoms. The molecule has 2 bridgehead atoms. The molecule has 2 N–H and O–H groups in total. The van der Waals surface area contributed by atoms with Crippen LogP contribution in [0.15, 0.2) is 66.9 Å². The van der Waals surface area contributed by atoms with E-state index < -0.39 is 17.4 Å². The first kappa shape index (κ1) is 19.6. The van der Waals surface area contributed by atoms with Crippen molar-refractivity contribution in [3.8, 4) is 0 Å². The number of para-hydroxylation sites is 1. The Hall–Kier alpha value is -3.09. The number of halogens is 1. The van der Waals surface area contributed by atoms with Gasteiger partial charge in [-0.05, 0) is 42.3 Å². The molecule has 4 heterocycles. The van der Waals surface area contributed by atoms with Gasteiger partial charge in [0.1, 0.15) is 5.60 Å². The van der Waals surface area contributed by atoms with Crippen LogP contribution in [0.5, 0.6) is 0 Å². The maximum atomic E-state index is 13.4. The Labute approximate surface area is 190 Å². The predicted octanol–water partition coefficient (Wildman–Crippen LogP) is 3.47. The first-order valence-corrected chi connectivity index (χ1v) is 11.2. The van der Waals surface area contributed by atoms with E-state index in [0.29, 0.717) is 24.5 Å². The molecule has 7 heteroatoms. The Bertz CT molecular complexity index is 1250. The molecule has 1 aromatic heterocycles. The van der Waals surface area contributed by atoms with Crippen molar-refractivity contribution in [1.29, 1.82) is 0 Å². The van der Waals surface area contributed by atoms with Crippen LogP contribution in [0, 0.1) is 11.8 Å². The molecule has 3 aliphatic heterocycles. The number of nitrogens with one attached hydrogen (secondary N) is 2. The molecule has 6 rings (SSSR count). The monoisotopic (exact) mass is 447 g/mol. The van der Waals surface area contributed by atoms with Gasteiger partial charge in [0, 0.05) is 34.4 Å². The summed E-state index contributed by atoms with van der Waals surface area (Å²) in [6, 6.07) is 15.3. The molecular weight excluding hydrogens is 426 g/mol. The fourth-order valence-corrected chi connectivity index (χ4v) is 5.54. The quantitative estimate of drug-likeness (QED) is 0.588. The molecule has 2 fully saturated rings. The second kappa shape index (κ2) is 7.22. The van der Waals surface area contributed by atoms with E-state index in [4.69, 9.17) is 16.3 Å². The molecule has 2 saturated heterocycles. The van der Waals surface area contributed by atoms with Crippen LogP contribution in [0.2, 0.25) is 5.02 Å². The number of nitrogens with zero attached hydrogens (tertiary/aromatic N) is 1. The summed E-state index contributed by atoms with van der Waals surface area (Å²) in [6.45, 7) is 0.909. The Balaban J connectivity index is 1.18. The summed E-state index contributed by atoms with van der Waals surface area (Å²) in [4.78, 5) is 31.5. The summed E-state index contributed by atoms with van der Waals surface area (Å²) < 4.78 is 6.21. The lowest BCUT2D eigenvalue weighted by Crippen LogP contribution is -2.44. The molecule has 162 valence electrons. The zero-order valence-corrected chi connectivity index (χ0v) is 18.0. The summed E-state index contributed by atoms with van der Waals surface area (Å²) in [6.07, 6.45) is 6.24. The summed E-state index contributed by atoms with van der Waals surface area (Å²) in [5, 5.41) is 4.83. The first-order valence-electron chi connectivity index (χ1n) is 10.8. The number of hydrogen-bond donors (Lipinski definition) is 2. The van der Waals surface area contributed by atoms with E-state index in [0.717, 1.165) is 22.2 Å². The second-order valence-electron chi connectivity index (χ2n) is 8.70. The highest BCUT2D eigenvalue weighted by Gasteiger charge is 2.67. The van der Waals surface area contributed by atoms with Crippen LogP contribution in [0.1, 0.15) is 5.56 Å². The van der Waals surface area contributed by atoms with Crippen LogP contribution < -0.4 is 10.2 Å². The Morgan fingerprint density at radius 2 is 2.03 bits per heavy atom. The van der Waals surface area contributed by atoms with Crippen LogP contribution in [-0.2, 0) is 20.7 Å². The summed E-state index contributed by atoms with van der Waals surface area (Å²) in [5.74, 6) is -1.23. The lowest BCUT2D eigenvalue weighted by atomic mass is 9.77. The van der Waals surface area contributed by atoms with E-state index in [-0.39, 0.29) is 17.9 Å². The van der Waals surface area contributed by atoms with Gasteiger partial charge in [-0.25, -0.2) is 0 Å². The third-order valence-electron chi connectivity index (χ3n) is 6.91. The molecular formula is C25H22ClN3O3. The van der Waals surface area contributed by atoms with Crippen LogP contribution in [0.4, 0.5) is 5.69 Å². The number of aromatic nitrogens is 1. The molecule has 3 aromatic rings. The Kier molecular flexibility index (Phi) is 4.42. The number of fused-ring (bicyclic) bond motifs is 2. The highest BCUT2D eigenvalue weighted by molar-refractivity contribution is 6.30. The van der Waals surface area contributed by atoms with E-state index in [2.05, 4.69) is 16.4 Å². The van der Waals surface area contributed by atoms with Crippen LogP contribution >= 0.6 is 11.6 Å². The van der Waals surface area contributed by atoms with Gasteiger partial charge < -0.3 is 19.9 Å². The summed E-state index contributed by atoms with van der Waals surface area (Å²) in [7, 11) is 0. The molecule has 0 saturated carbocycles. The average Bonchev–Trinajstić information content (AvgIpc) is 3.54. The van der Waals surface area contributed by atoms with Crippen molar-refractivity contribution in [1.82, 2.24) is 10.3 Å². The van der Waals surface area contributed by atoms with Crippen molar-refractivity contribution in [2.24, 2.45) is 11.8 Å². The highest BCUT2D eigenvalue weighted by atomic mass is 35.5. The number of hydrogen-bond acceptors (Lipinski definition) is 3. The van der Waals surface area contributed by atoms with Crippen LogP contribution in [-0.4, -0.2) is 41.6 Å². The molecule has 2 amide bonds. The number of H-pyrrole nitrogens is 1. The van der Waals surface area contributed by atoms with E-state index >= 15 is 0 Å². The largest absolute Gasteiger partial charge is 0.361 e. The number of rotatable bonds is 5. The van der Waals surface area contributed by atoms with Gasteiger partial charge in [0.15, 0.2) is 0 Å². The van der Waals surface area contributed by atoms with Gasteiger partial charge in [-0.2, -0.15) is 0 Å². The van der Waals surface area contributed by atoms with Crippen molar-refractivity contribution in [3.63, 3.8) is 0 Å². The maximum absolute atomic E-state index is 13.4. The first-order chi connectivity index (χ1) is 15.6. The third-order valence-corrected chi connectivity index (χ3v) is 7.16. The highest BCUT2D eigenvalue weighted by Crippen LogP contribution is 2.52. The molecule has 2 aromatic carbocycles. The van der Waals surface area contributed by atoms with E-state index in [9.17, 15) is 9.59 Å². The average molecular weight is 448 g/mol. The predicted molar refractivity (Wildman–Crippen MR) is 123 cm³/mol. The number of benzene rings is 2. The Morgan fingerprint density at radius 1 is 1.22 bits per heavy atom. The minimum atomic E-state index is -0.736. The van der Waals surface area contributed by atoms with Gasteiger partial charge in [-0.15, -0.1) is 0 Å². The molecule has 3 aliphatic rings. The standard InChI is InChI=1S/C25H22ClN3O3/c26-16-5-7-17(8-6-16)29-14-25-11-9-20(32-25)21(22(25)24(29)31)23(30)27-12-10-15-13-28-19-4-2-1-3-18(15)19/h1-9,11,13,20-22,28H,10,12,14H2,(H,27,30)/t20-,21+,22+,25-/m1/s1. The third kappa shape index (κ3) is 2.90. The molecule has 1 spiro atoms. The van der Waals surface area contributed by atoms with Crippen molar-refractivity contribution in [2.45, 2.75) is 18.1 Å². The van der Waals surface area contributed by atoms with Crippen LogP contribution in [0.25, 0.3) is 10.9 Å². The summed E-state index contributed by atoms with van der Waals surface area (Å²) in [5.41, 5.74) is 2.27. The number of carbonyl (C=O) groups excluding carboxylic acids is 2. The van der Waals surface area contributed by atoms with Crippen molar-refractivity contribution >= 4 is 40.0 Å². The fraction of sp³-hybridized carbons (Fsp3) is 0.280. The SMILES string of the molecule is O=C(NCCc1c[nH]c2ccccc12)[C@@H]1[C@H]2C(=O)N(c3ccc(Cl)cc3)C[C@]23C=C[C@H]1O3. The zero-order valence-electron chi connectivity index (χ0n) is 17.3. The maximum Gasteiger partial charge on any atom is 0.234 e. The molecule has 4 atom stereocenters. The zero-order chi connectivity index (χ0) is 21.9. The molecule has 0 radical (unpaired) electrons. The van der Waals surface area contributed by atoms with E-state index in [1.807, 2.05) is 48.7 Å². The van der Waals surface area contributed by atoms with Crippen molar-refractivity contribution in [3.05, 3.63) is 77.5 Å². The minimum absolute atomic E-state index is 0.0732. The van der Waals surface area contributed by atoms with E-state index in [1.54, 1.807) is 17.0 Å². The van der Waals surface area contributed by atoms with Gasteiger partial charge in [0.2, 0.25) is 11.8 Å². The number of ether oxygens (including phenoxy) is 1. The number of amides is 2. The number of aromatic amines is 1. The van der Waals surface area contributed by atoms with Gasteiger partial charge in [-0.1, -0.05) is 42.0 Å². The normalized spacial score (nSPS) is 28.0. The van der Waals surface area contributed by atoms with Gasteiger partial charge in [0.25, 0.3) is 0 Å². The Morgan fingerprint density at radius 3 is 2.88 bits per heavy atom. The van der Waals surface area contributed by atoms with Crippen LogP contribution in [0.3, 0.4) is 0 Å². The second-order valence-corrected chi connectivity index (χ2v) is 9.14. The van der Waals surface area contributed by atoms with Crippen molar-refractivity contribution in [2.75, 3.05) is 18.0 Å². The lowest BCUT2D eigenvalue weighted by Gasteiger charge is -2.23. The van der Waals surface area contributed by atoms with Gasteiger partial charge in [0.05, 0.1) is 24.5 Å². The number of carbonyl (C=O) groups is 2. The van der Waals surface area contributed by atoms with E-state index in [1.165, 1.54) is 0 Å². The number of anilines is 1. The molecule has 6 nitrogen and oxygen atoms in total. The molecule has 0 unspecified atom stereocenters. The van der Waals surface area contributed by atoms with Gasteiger partial charge in [-0.3, -0.25) is 9.59 Å². The van der Waals surface area contributed by atoms with Crippen molar-refractivity contribution < 1.29 is 14.3 Å².